The lowest BCUT2D eigenvalue weighted by molar-refractivity contribution is 0.119. The van der Waals surface area contributed by atoms with Gasteiger partial charge in [-0.05, 0) is 27.9 Å². The molecule has 0 saturated carbocycles. The lowest BCUT2D eigenvalue weighted by Crippen LogP contribution is -2.39. The number of aliphatic imine (C=N–C) groups is 1. The average molecular weight is 408 g/mol. The first kappa shape index (κ1) is 22.3. The maximum Gasteiger partial charge on any atom is 0.194 e. The third kappa shape index (κ3) is 6.02. The summed E-state index contributed by atoms with van der Waals surface area (Å²) in [5.41, 5.74) is 2.18. The Hall–Kier alpha value is -1.97. The van der Waals surface area contributed by atoms with E-state index in [9.17, 15) is 0 Å². The molecule has 156 valence electrons. The molecular weight excluding hydrogens is 374 g/mol. The second kappa shape index (κ2) is 10.5. The molecule has 0 aliphatic carbocycles. The predicted molar refractivity (Wildman–Crippen MR) is 115 cm³/mol. The van der Waals surface area contributed by atoms with Gasteiger partial charge in [0.05, 0.1) is 31.0 Å². The summed E-state index contributed by atoms with van der Waals surface area (Å²) in [5.74, 6) is 0.868. The van der Waals surface area contributed by atoms with Crippen LogP contribution in [0.25, 0.3) is 0 Å². The van der Waals surface area contributed by atoms with Gasteiger partial charge in [0.25, 0.3) is 0 Å². The standard InChI is InChI=1S/C19H33N7OS/c1-8-20-19(21-10-17(24(3)4)15-9-22-26(6)11-15)25(5)12-16-13-28-18(23-16)14(2)27-7/h9,11,13-14,17H,8,10,12H2,1-7H3,(H,20,21). The molecule has 2 heterocycles. The molecule has 0 aliphatic rings. The van der Waals surface area contributed by atoms with Crippen molar-refractivity contribution in [3.05, 3.63) is 34.0 Å². The highest BCUT2D eigenvalue weighted by atomic mass is 32.1. The fourth-order valence-electron chi connectivity index (χ4n) is 2.82. The second-order valence-corrected chi connectivity index (χ2v) is 7.92. The number of methoxy groups -OCH3 is 1. The predicted octanol–water partition coefficient (Wildman–Crippen LogP) is 2.28. The van der Waals surface area contributed by atoms with E-state index in [0.717, 1.165) is 28.8 Å². The Labute approximate surface area is 172 Å². The zero-order valence-corrected chi connectivity index (χ0v) is 18.8. The number of aromatic nitrogens is 3. The van der Waals surface area contributed by atoms with Crippen molar-refractivity contribution < 1.29 is 4.74 Å². The Balaban J connectivity index is 2.10. The molecule has 0 amide bonds. The van der Waals surface area contributed by atoms with Gasteiger partial charge in [-0.1, -0.05) is 0 Å². The van der Waals surface area contributed by atoms with Gasteiger partial charge in [0, 0.05) is 44.9 Å². The lowest BCUT2D eigenvalue weighted by atomic mass is 10.1. The maximum atomic E-state index is 5.36. The minimum absolute atomic E-state index is 0.0197. The molecule has 2 atom stereocenters. The molecule has 0 aliphatic heterocycles. The Morgan fingerprint density at radius 2 is 2.14 bits per heavy atom. The molecule has 2 rings (SSSR count). The third-order valence-corrected chi connectivity index (χ3v) is 5.57. The van der Waals surface area contributed by atoms with Gasteiger partial charge in [-0.3, -0.25) is 9.67 Å². The summed E-state index contributed by atoms with van der Waals surface area (Å²) in [6.07, 6.45) is 3.97. The molecule has 2 unspecified atom stereocenters. The molecule has 8 nitrogen and oxygen atoms in total. The van der Waals surface area contributed by atoms with Crippen LogP contribution in [-0.2, 0) is 18.3 Å². The smallest absolute Gasteiger partial charge is 0.194 e. The van der Waals surface area contributed by atoms with E-state index in [4.69, 9.17) is 9.73 Å². The number of likely N-dealkylation sites (N-methyl/N-ethyl adjacent to an activating group) is 1. The molecule has 2 aromatic heterocycles. The summed E-state index contributed by atoms with van der Waals surface area (Å²) >= 11 is 1.63. The highest BCUT2D eigenvalue weighted by Crippen LogP contribution is 2.21. The van der Waals surface area contributed by atoms with Crippen LogP contribution in [0.4, 0.5) is 0 Å². The van der Waals surface area contributed by atoms with Gasteiger partial charge in [-0.15, -0.1) is 11.3 Å². The van der Waals surface area contributed by atoms with Crippen LogP contribution < -0.4 is 5.32 Å². The highest BCUT2D eigenvalue weighted by molar-refractivity contribution is 7.09. The largest absolute Gasteiger partial charge is 0.375 e. The van der Waals surface area contributed by atoms with Crippen LogP contribution in [-0.4, -0.2) is 71.9 Å². The van der Waals surface area contributed by atoms with Crippen molar-refractivity contribution in [2.75, 3.05) is 41.3 Å². The first-order valence-electron chi connectivity index (χ1n) is 9.47. The van der Waals surface area contributed by atoms with Crippen molar-refractivity contribution >= 4 is 17.3 Å². The van der Waals surface area contributed by atoms with Crippen molar-refractivity contribution in [3.8, 4) is 0 Å². The summed E-state index contributed by atoms with van der Waals surface area (Å²) in [6.45, 7) is 6.24. The normalized spacial score (nSPS) is 14.4. The van der Waals surface area contributed by atoms with E-state index in [0.29, 0.717) is 13.1 Å². The number of nitrogens with one attached hydrogen (secondary N) is 1. The Bertz CT molecular complexity index is 755. The first-order valence-corrected chi connectivity index (χ1v) is 10.3. The summed E-state index contributed by atoms with van der Waals surface area (Å²) in [6, 6.07) is 0.171. The molecule has 9 heteroatoms. The average Bonchev–Trinajstić information content (AvgIpc) is 3.29. The second-order valence-electron chi connectivity index (χ2n) is 7.03. The molecule has 0 spiro atoms. The van der Waals surface area contributed by atoms with Gasteiger partial charge in [-0.25, -0.2) is 4.98 Å². The highest BCUT2D eigenvalue weighted by Gasteiger charge is 2.17. The van der Waals surface area contributed by atoms with E-state index in [1.807, 2.05) is 38.1 Å². The van der Waals surface area contributed by atoms with Crippen LogP contribution in [0.3, 0.4) is 0 Å². The molecule has 0 fully saturated rings. The molecule has 28 heavy (non-hydrogen) atoms. The number of hydrogen-bond acceptors (Lipinski definition) is 6. The number of nitrogens with zero attached hydrogens (tertiary/aromatic N) is 6. The van der Waals surface area contributed by atoms with Gasteiger partial charge < -0.3 is 19.9 Å². The fraction of sp³-hybridized carbons (Fsp3) is 0.632. The maximum absolute atomic E-state index is 5.36. The summed E-state index contributed by atoms with van der Waals surface area (Å²) in [4.78, 5) is 13.8. The Morgan fingerprint density at radius 3 is 2.71 bits per heavy atom. The van der Waals surface area contributed by atoms with Crippen LogP contribution in [0.1, 0.15) is 42.3 Å². The molecule has 0 saturated heterocycles. The Kier molecular flexibility index (Phi) is 8.40. The van der Waals surface area contributed by atoms with Crippen LogP contribution >= 0.6 is 11.3 Å². The summed E-state index contributed by atoms with van der Waals surface area (Å²) < 4.78 is 7.19. The number of thiazole rings is 1. The van der Waals surface area contributed by atoms with E-state index in [2.05, 4.69) is 51.6 Å². The summed E-state index contributed by atoms with van der Waals surface area (Å²) in [5, 5.41) is 10.8. The molecule has 1 N–H and O–H groups in total. The molecule has 0 bridgehead atoms. The first-order chi connectivity index (χ1) is 13.3. The molecule has 2 aromatic rings. The van der Waals surface area contributed by atoms with Gasteiger partial charge in [0.2, 0.25) is 0 Å². The molecular formula is C19H33N7OS. The summed E-state index contributed by atoms with van der Waals surface area (Å²) in [7, 11) is 9.81. The van der Waals surface area contributed by atoms with Crippen molar-refractivity contribution in [1.29, 1.82) is 0 Å². The van der Waals surface area contributed by atoms with Gasteiger partial charge in [0.15, 0.2) is 5.96 Å². The number of hydrogen-bond donors (Lipinski definition) is 1. The minimum atomic E-state index is 0.0197. The van der Waals surface area contributed by atoms with Crippen LogP contribution in [0, 0.1) is 0 Å². The SMILES string of the molecule is CCNC(=NCC(c1cnn(C)c1)N(C)C)N(C)Cc1csc(C(C)OC)n1. The van der Waals surface area contributed by atoms with E-state index in [1.54, 1.807) is 18.4 Å². The third-order valence-electron chi connectivity index (χ3n) is 4.51. The zero-order valence-electron chi connectivity index (χ0n) is 18.0. The van der Waals surface area contributed by atoms with Gasteiger partial charge in [0.1, 0.15) is 11.1 Å². The quantitative estimate of drug-likeness (QED) is 0.508. The van der Waals surface area contributed by atoms with Gasteiger partial charge in [-0.2, -0.15) is 5.10 Å². The van der Waals surface area contributed by atoms with E-state index in [-0.39, 0.29) is 12.1 Å². The Morgan fingerprint density at radius 1 is 1.39 bits per heavy atom. The number of guanidine groups is 1. The monoisotopic (exact) mass is 407 g/mol. The van der Waals surface area contributed by atoms with Crippen molar-refractivity contribution in [3.63, 3.8) is 0 Å². The van der Waals surface area contributed by atoms with Crippen LogP contribution in [0.5, 0.6) is 0 Å². The van der Waals surface area contributed by atoms with E-state index in [1.165, 1.54) is 0 Å². The molecule has 0 radical (unpaired) electrons. The van der Waals surface area contributed by atoms with Crippen molar-refractivity contribution in [2.45, 2.75) is 32.5 Å². The molecule has 0 aromatic carbocycles. The lowest BCUT2D eigenvalue weighted by Gasteiger charge is -2.25. The van der Waals surface area contributed by atoms with E-state index >= 15 is 0 Å². The zero-order chi connectivity index (χ0) is 20.7. The fourth-order valence-corrected chi connectivity index (χ4v) is 3.66. The van der Waals surface area contributed by atoms with Gasteiger partial charge >= 0.3 is 0 Å². The van der Waals surface area contributed by atoms with Crippen molar-refractivity contribution in [2.24, 2.45) is 12.0 Å². The number of rotatable bonds is 9. The van der Waals surface area contributed by atoms with E-state index < -0.39 is 0 Å². The van der Waals surface area contributed by atoms with Crippen LogP contribution in [0.15, 0.2) is 22.8 Å². The number of aryl methyl sites for hydroxylation is 1. The topological polar surface area (TPSA) is 70.8 Å². The van der Waals surface area contributed by atoms with Crippen molar-refractivity contribution in [1.82, 2.24) is 29.9 Å². The number of ether oxygens (including phenoxy) is 1. The minimum Gasteiger partial charge on any atom is -0.375 e. The van der Waals surface area contributed by atoms with Crippen LogP contribution in [0.2, 0.25) is 0 Å².